The molecular weight excluding hydrogens is 360 g/mol. The van der Waals surface area contributed by atoms with Crippen LogP contribution in [0, 0.1) is 0 Å². The van der Waals surface area contributed by atoms with E-state index in [4.69, 9.17) is 14.2 Å². The molecule has 5 atom stereocenters. The SMILES string of the molecule is CC(=O)N[C@H]1CC[C@@H](NC(C)=O)[C@H](OC(C)=O)C(OC(C)=O)[C@@H]1OC(C)=O. The largest absolute Gasteiger partial charge is 0.456 e. The molecule has 10 heteroatoms. The van der Waals surface area contributed by atoms with Crippen LogP contribution in [0.2, 0.25) is 0 Å². The number of hydrogen-bond donors (Lipinski definition) is 2. The van der Waals surface area contributed by atoms with E-state index in [2.05, 4.69) is 10.6 Å². The van der Waals surface area contributed by atoms with E-state index < -0.39 is 48.3 Å². The first kappa shape index (κ1) is 22.4. The van der Waals surface area contributed by atoms with Crippen molar-refractivity contribution >= 4 is 29.7 Å². The molecular formula is C17H26N2O8. The van der Waals surface area contributed by atoms with E-state index in [-0.39, 0.29) is 24.7 Å². The van der Waals surface area contributed by atoms with Crippen molar-refractivity contribution in [2.45, 2.75) is 77.9 Å². The molecule has 0 heterocycles. The molecule has 0 spiro atoms. The van der Waals surface area contributed by atoms with Gasteiger partial charge in [0, 0.05) is 34.6 Å². The van der Waals surface area contributed by atoms with Crippen molar-refractivity contribution in [3.05, 3.63) is 0 Å². The average molecular weight is 386 g/mol. The Balaban J connectivity index is 3.40. The Hall–Kier alpha value is -2.65. The van der Waals surface area contributed by atoms with Crippen molar-refractivity contribution in [3.63, 3.8) is 0 Å². The molecule has 0 aromatic heterocycles. The Morgan fingerprint density at radius 3 is 1.15 bits per heavy atom. The van der Waals surface area contributed by atoms with E-state index in [9.17, 15) is 24.0 Å². The summed E-state index contributed by atoms with van der Waals surface area (Å²) < 4.78 is 16.0. The number of nitrogens with one attached hydrogen (secondary N) is 2. The fraction of sp³-hybridized carbons (Fsp3) is 0.706. The molecule has 27 heavy (non-hydrogen) atoms. The van der Waals surface area contributed by atoms with Crippen LogP contribution < -0.4 is 10.6 Å². The maximum atomic E-state index is 11.7. The van der Waals surface area contributed by atoms with Gasteiger partial charge in [0.15, 0.2) is 18.3 Å². The van der Waals surface area contributed by atoms with E-state index in [0.29, 0.717) is 0 Å². The highest BCUT2D eigenvalue weighted by molar-refractivity contribution is 5.74. The first-order chi connectivity index (χ1) is 12.5. The molecule has 0 aromatic carbocycles. The monoisotopic (exact) mass is 386 g/mol. The normalized spacial score (nSPS) is 27.5. The van der Waals surface area contributed by atoms with Crippen LogP contribution in [0.1, 0.15) is 47.5 Å². The Bertz CT molecular complexity index is 562. The van der Waals surface area contributed by atoms with E-state index in [1.807, 2.05) is 0 Å². The summed E-state index contributed by atoms with van der Waals surface area (Å²) in [5.74, 6) is -2.76. The van der Waals surface area contributed by atoms with E-state index in [0.717, 1.165) is 6.92 Å². The lowest BCUT2D eigenvalue weighted by atomic mass is 10.0. The summed E-state index contributed by atoms with van der Waals surface area (Å²) in [5, 5.41) is 5.34. The van der Waals surface area contributed by atoms with Gasteiger partial charge in [-0.3, -0.25) is 24.0 Å². The first-order valence-electron chi connectivity index (χ1n) is 8.57. The number of rotatable bonds is 5. The van der Waals surface area contributed by atoms with E-state index in [1.54, 1.807) is 0 Å². The van der Waals surface area contributed by atoms with E-state index >= 15 is 0 Å². The molecule has 0 bridgehead atoms. The third-order valence-electron chi connectivity index (χ3n) is 3.91. The van der Waals surface area contributed by atoms with Crippen LogP contribution in [0.3, 0.4) is 0 Å². The van der Waals surface area contributed by atoms with Crippen molar-refractivity contribution in [3.8, 4) is 0 Å². The van der Waals surface area contributed by atoms with Crippen molar-refractivity contribution in [2.24, 2.45) is 0 Å². The predicted octanol–water partition coefficient (Wildman–Crippen LogP) is -0.415. The van der Waals surface area contributed by atoms with Gasteiger partial charge < -0.3 is 24.8 Å². The Kier molecular flexibility index (Phi) is 8.20. The maximum Gasteiger partial charge on any atom is 0.303 e. The van der Waals surface area contributed by atoms with Gasteiger partial charge in [-0.2, -0.15) is 0 Å². The van der Waals surface area contributed by atoms with Crippen molar-refractivity contribution in [1.29, 1.82) is 0 Å². The third-order valence-corrected chi connectivity index (χ3v) is 3.91. The van der Waals surface area contributed by atoms with E-state index in [1.165, 1.54) is 27.7 Å². The predicted molar refractivity (Wildman–Crippen MR) is 91.1 cm³/mol. The number of esters is 3. The molecule has 1 rings (SSSR count). The third kappa shape index (κ3) is 7.24. The number of carbonyl (C=O) groups is 5. The zero-order valence-electron chi connectivity index (χ0n) is 16.1. The molecule has 2 N–H and O–H groups in total. The Morgan fingerprint density at radius 1 is 0.593 bits per heavy atom. The minimum absolute atomic E-state index is 0.290. The summed E-state index contributed by atoms with van der Waals surface area (Å²) in [4.78, 5) is 58.1. The smallest absolute Gasteiger partial charge is 0.303 e. The molecule has 1 unspecified atom stereocenters. The lowest BCUT2D eigenvalue weighted by molar-refractivity contribution is -0.186. The van der Waals surface area contributed by atoms with Crippen LogP contribution in [-0.4, -0.2) is 60.1 Å². The molecule has 0 radical (unpaired) electrons. The number of ether oxygens (including phenoxy) is 3. The van der Waals surface area contributed by atoms with Crippen LogP contribution >= 0.6 is 0 Å². The van der Waals surface area contributed by atoms with Gasteiger partial charge in [-0.25, -0.2) is 0 Å². The van der Waals surface area contributed by atoms with Crippen molar-refractivity contribution in [1.82, 2.24) is 10.6 Å². The van der Waals surface area contributed by atoms with Gasteiger partial charge in [0.05, 0.1) is 12.1 Å². The van der Waals surface area contributed by atoms with Gasteiger partial charge in [0.25, 0.3) is 0 Å². The molecule has 0 aliphatic heterocycles. The van der Waals surface area contributed by atoms with Gasteiger partial charge in [-0.1, -0.05) is 0 Å². The number of hydrogen-bond acceptors (Lipinski definition) is 8. The summed E-state index contributed by atoms with van der Waals surface area (Å²) in [6, 6.07) is -1.40. The Morgan fingerprint density at radius 2 is 0.889 bits per heavy atom. The molecule has 10 nitrogen and oxygen atoms in total. The molecule has 1 fully saturated rings. The second-order valence-electron chi connectivity index (χ2n) is 6.41. The van der Waals surface area contributed by atoms with Crippen LogP contribution in [0.15, 0.2) is 0 Å². The second kappa shape index (κ2) is 9.89. The lowest BCUT2D eigenvalue weighted by Crippen LogP contribution is -2.57. The highest BCUT2D eigenvalue weighted by Gasteiger charge is 2.48. The number of carbonyl (C=O) groups excluding carboxylic acids is 5. The van der Waals surface area contributed by atoms with Crippen LogP contribution in [-0.2, 0) is 38.2 Å². The fourth-order valence-corrected chi connectivity index (χ4v) is 3.17. The van der Waals surface area contributed by atoms with Gasteiger partial charge >= 0.3 is 17.9 Å². The first-order valence-corrected chi connectivity index (χ1v) is 8.57. The van der Waals surface area contributed by atoms with Gasteiger partial charge in [-0.15, -0.1) is 0 Å². The topological polar surface area (TPSA) is 137 Å². The lowest BCUT2D eigenvalue weighted by Gasteiger charge is -2.35. The summed E-state index contributed by atoms with van der Waals surface area (Å²) >= 11 is 0. The summed E-state index contributed by atoms with van der Waals surface area (Å²) in [6.07, 6.45) is -2.83. The molecule has 1 aliphatic carbocycles. The van der Waals surface area contributed by atoms with Crippen LogP contribution in [0.4, 0.5) is 0 Å². The summed E-state index contributed by atoms with van der Waals surface area (Å²) in [7, 11) is 0. The molecule has 1 aliphatic rings. The standard InChI is InChI=1S/C17H26N2O8/c1-8(20)18-13-6-7-14(19-9(2)21)16(26-11(4)23)17(27-12(5)24)15(13)25-10(3)22/h13-17H,6-7H2,1-5H3,(H,18,20)(H,19,21)/t13-,14+,15+,16-,17?. The zero-order chi connectivity index (χ0) is 20.7. The molecule has 1 saturated carbocycles. The van der Waals surface area contributed by atoms with Gasteiger partial charge in [0.1, 0.15) is 0 Å². The summed E-state index contributed by atoms with van der Waals surface area (Å²) in [5.41, 5.74) is 0. The molecule has 0 aromatic rings. The highest BCUT2D eigenvalue weighted by Crippen LogP contribution is 2.27. The highest BCUT2D eigenvalue weighted by atomic mass is 16.6. The fourth-order valence-electron chi connectivity index (χ4n) is 3.17. The minimum Gasteiger partial charge on any atom is -0.456 e. The van der Waals surface area contributed by atoms with Crippen LogP contribution in [0.5, 0.6) is 0 Å². The quantitative estimate of drug-likeness (QED) is 0.369. The molecule has 152 valence electrons. The zero-order valence-corrected chi connectivity index (χ0v) is 16.1. The van der Waals surface area contributed by atoms with Crippen LogP contribution in [0.25, 0.3) is 0 Å². The Labute approximate surface area is 157 Å². The van der Waals surface area contributed by atoms with Gasteiger partial charge in [-0.05, 0) is 12.8 Å². The van der Waals surface area contributed by atoms with Crippen molar-refractivity contribution in [2.75, 3.05) is 0 Å². The molecule has 2 amide bonds. The average Bonchev–Trinajstić information content (AvgIpc) is 2.59. The van der Waals surface area contributed by atoms with Gasteiger partial charge in [0.2, 0.25) is 11.8 Å². The summed E-state index contributed by atoms with van der Waals surface area (Å²) in [6.45, 7) is 6.09. The second-order valence-corrected chi connectivity index (χ2v) is 6.41. The minimum atomic E-state index is -1.22. The van der Waals surface area contributed by atoms with Crippen molar-refractivity contribution < 1.29 is 38.2 Å². The maximum absolute atomic E-state index is 11.7. The molecule has 0 saturated heterocycles. The number of amides is 2.